The Kier molecular flexibility index (Phi) is 3.19. The summed E-state index contributed by atoms with van der Waals surface area (Å²) < 4.78 is 0. The molecular weight excluding hydrogens is 268 g/mol. The van der Waals surface area contributed by atoms with E-state index in [4.69, 9.17) is 0 Å². The van der Waals surface area contributed by atoms with E-state index >= 15 is 0 Å². The largest absolute Gasteiger partial charge is 0.493 e. The molecule has 0 saturated heterocycles. The summed E-state index contributed by atoms with van der Waals surface area (Å²) in [7, 11) is 0. The number of H-pyrrole nitrogens is 1. The minimum atomic E-state index is -0.417. The Bertz CT molecular complexity index is 827. The van der Waals surface area contributed by atoms with Crippen LogP contribution in [0.3, 0.4) is 0 Å². The van der Waals surface area contributed by atoms with Crippen LogP contribution in [0.15, 0.2) is 47.7 Å². The number of aryl methyl sites for hydroxylation is 1. The summed E-state index contributed by atoms with van der Waals surface area (Å²) in [5, 5.41) is 10.1. The van der Waals surface area contributed by atoms with E-state index < -0.39 is 5.56 Å². The molecule has 0 aliphatic carbocycles. The number of nitrogens with one attached hydrogen (secondary N) is 1. The minimum absolute atomic E-state index is 0.146. The molecule has 0 spiro atoms. The first-order valence-corrected chi connectivity index (χ1v) is 6.32. The van der Waals surface area contributed by atoms with Gasteiger partial charge in [0.2, 0.25) is 5.88 Å². The van der Waals surface area contributed by atoms with Crippen molar-refractivity contribution in [2.75, 3.05) is 0 Å². The monoisotopic (exact) mass is 280 g/mol. The molecule has 6 nitrogen and oxygen atoms in total. The quantitative estimate of drug-likeness (QED) is 0.748. The molecule has 104 valence electrons. The van der Waals surface area contributed by atoms with Crippen LogP contribution in [0.4, 0.5) is 0 Å². The Morgan fingerprint density at radius 1 is 1.14 bits per heavy atom. The lowest BCUT2D eigenvalue weighted by molar-refractivity contribution is 0.454. The second-order valence-corrected chi connectivity index (χ2v) is 4.57. The molecule has 0 aliphatic rings. The van der Waals surface area contributed by atoms with Gasteiger partial charge in [0.1, 0.15) is 17.6 Å². The third-order valence-electron chi connectivity index (χ3n) is 3.07. The van der Waals surface area contributed by atoms with Gasteiger partial charge in [0.05, 0.1) is 0 Å². The molecule has 0 amide bonds. The lowest BCUT2D eigenvalue weighted by Crippen LogP contribution is -2.12. The first kappa shape index (κ1) is 13.0. The fraction of sp³-hybridized carbons (Fsp3) is 0.0667. The number of nitrogens with zero attached hydrogens (tertiary/aromatic N) is 3. The molecule has 0 bridgehead atoms. The normalized spacial score (nSPS) is 10.5. The molecule has 3 aromatic rings. The highest BCUT2D eigenvalue weighted by Gasteiger charge is 2.14. The van der Waals surface area contributed by atoms with Gasteiger partial charge >= 0.3 is 0 Å². The van der Waals surface area contributed by atoms with E-state index in [1.807, 2.05) is 19.1 Å². The van der Waals surface area contributed by atoms with Crippen LogP contribution in [-0.2, 0) is 0 Å². The van der Waals surface area contributed by atoms with E-state index in [0.29, 0.717) is 11.3 Å². The Morgan fingerprint density at radius 2 is 1.90 bits per heavy atom. The summed E-state index contributed by atoms with van der Waals surface area (Å²) in [6, 6.07) is 8.87. The van der Waals surface area contributed by atoms with Gasteiger partial charge in [-0.1, -0.05) is 29.8 Å². The molecule has 0 fully saturated rings. The molecule has 0 unspecified atom stereocenters. The van der Waals surface area contributed by atoms with Crippen LogP contribution in [0.25, 0.3) is 22.6 Å². The molecule has 3 rings (SSSR count). The van der Waals surface area contributed by atoms with Crippen molar-refractivity contribution in [2.45, 2.75) is 6.92 Å². The zero-order chi connectivity index (χ0) is 14.8. The Hall–Kier alpha value is -3.02. The number of hydrogen-bond acceptors (Lipinski definition) is 5. The summed E-state index contributed by atoms with van der Waals surface area (Å²) in [5.74, 6) is -0.119. The van der Waals surface area contributed by atoms with Crippen LogP contribution in [0.1, 0.15) is 5.56 Å². The maximum absolute atomic E-state index is 12.2. The predicted octanol–water partition coefficient (Wildman–Crippen LogP) is 1.91. The van der Waals surface area contributed by atoms with Gasteiger partial charge in [-0.3, -0.25) is 4.79 Å². The van der Waals surface area contributed by atoms with Crippen LogP contribution < -0.4 is 5.56 Å². The second-order valence-electron chi connectivity index (χ2n) is 4.57. The average Bonchev–Trinajstić information content (AvgIpc) is 2.49. The zero-order valence-corrected chi connectivity index (χ0v) is 11.2. The summed E-state index contributed by atoms with van der Waals surface area (Å²) in [4.78, 5) is 26.6. The van der Waals surface area contributed by atoms with Crippen molar-refractivity contribution >= 4 is 0 Å². The molecule has 2 heterocycles. The molecule has 6 heteroatoms. The van der Waals surface area contributed by atoms with Crippen LogP contribution in [0.5, 0.6) is 5.88 Å². The Balaban J connectivity index is 2.13. The Morgan fingerprint density at radius 3 is 2.52 bits per heavy atom. The lowest BCUT2D eigenvalue weighted by Gasteiger charge is -2.06. The summed E-state index contributed by atoms with van der Waals surface area (Å²) >= 11 is 0. The highest BCUT2D eigenvalue weighted by molar-refractivity contribution is 5.68. The molecule has 2 aromatic heterocycles. The molecule has 0 saturated carbocycles. The predicted molar refractivity (Wildman–Crippen MR) is 77.7 cm³/mol. The van der Waals surface area contributed by atoms with Crippen molar-refractivity contribution in [2.24, 2.45) is 0 Å². The molecule has 0 aliphatic heterocycles. The van der Waals surface area contributed by atoms with Crippen molar-refractivity contribution in [3.05, 3.63) is 58.8 Å². The van der Waals surface area contributed by atoms with Crippen LogP contribution in [0, 0.1) is 6.92 Å². The maximum Gasteiger partial charge on any atom is 0.262 e. The zero-order valence-electron chi connectivity index (χ0n) is 11.2. The molecule has 2 N–H and O–H groups in total. The van der Waals surface area contributed by atoms with E-state index in [1.165, 1.54) is 12.5 Å². The van der Waals surface area contributed by atoms with E-state index in [1.54, 1.807) is 18.2 Å². The van der Waals surface area contributed by atoms with Gasteiger partial charge in [-0.15, -0.1) is 0 Å². The highest BCUT2D eigenvalue weighted by Crippen LogP contribution is 2.25. The number of aromatic nitrogens is 4. The van der Waals surface area contributed by atoms with Crippen molar-refractivity contribution in [1.29, 1.82) is 0 Å². The van der Waals surface area contributed by atoms with Gasteiger partial charge < -0.3 is 10.1 Å². The van der Waals surface area contributed by atoms with Crippen molar-refractivity contribution in [3.8, 4) is 28.5 Å². The smallest absolute Gasteiger partial charge is 0.262 e. The number of hydrogen-bond donors (Lipinski definition) is 2. The van der Waals surface area contributed by atoms with Crippen molar-refractivity contribution < 1.29 is 5.11 Å². The second kappa shape index (κ2) is 5.16. The van der Waals surface area contributed by atoms with Crippen LogP contribution >= 0.6 is 0 Å². The first-order valence-electron chi connectivity index (χ1n) is 6.32. The molecule has 0 atom stereocenters. The van der Waals surface area contributed by atoms with E-state index in [2.05, 4.69) is 19.9 Å². The third-order valence-corrected chi connectivity index (χ3v) is 3.07. The topological polar surface area (TPSA) is 91.8 Å². The van der Waals surface area contributed by atoms with E-state index in [-0.39, 0.29) is 17.3 Å². The van der Waals surface area contributed by atoms with Gasteiger partial charge in [-0.05, 0) is 18.6 Å². The lowest BCUT2D eigenvalue weighted by atomic mass is 10.1. The summed E-state index contributed by atoms with van der Waals surface area (Å²) in [6.45, 7) is 1.95. The average molecular weight is 280 g/mol. The van der Waals surface area contributed by atoms with Crippen molar-refractivity contribution in [3.63, 3.8) is 0 Å². The standard InChI is InChI=1S/C15H12N4O2/c1-9-2-4-10(5-3-9)12-14(20)18-13(19-15(12)21)11-6-7-16-8-17-11/h2-8H,1H3,(H2,18,19,20,21). The maximum atomic E-state index is 12.2. The highest BCUT2D eigenvalue weighted by atomic mass is 16.3. The minimum Gasteiger partial charge on any atom is -0.493 e. The van der Waals surface area contributed by atoms with Gasteiger partial charge in [0.25, 0.3) is 5.56 Å². The fourth-order valence-electron chi connectivity index (χ4n) is 1.99. The van der Waals surface area contributed by atoms with Crippen LogP contribution in [-0.4, -0.2) is 25.0 Å². The van der Waals surface area contributed by atoms with E-state index in [0.717, 1.165) is 5.56 Å². The fourth-order valence-corrected chi connectivity index (χ4v) is 1.99. The van der Waals surface area contributed by atoms with Gasteiger partial charge in [-0.25, -0.2) is 9.97 Å². The van der Waals surface area contributed by atoms with Gasteiger partial charge in [0, 0.05) is 6.20 Å². The summed E-state index contributed by atoms with van der Waals surface area (Å²) in [5.41, 5.74) is 1.85. The first-order chi connectivity index (χ1) is 10.1. The molecular formula is C15H12N4O2. The SMILES string of the molecule is Cc1ccc(-c2c(O)nc(-c3ccncn3)[nH]c2=O)cc1. The number of benzene rings is 1. The number of aromatic hydroxyl groups is 1. The molecule has 1 aromatic carbocycles. The van der Waals surface area contributed by atoms with Crippen LogP contribution in [0.2, 0.25) is 0 Å². The summed E-state index contributed by atoms with van der Waals surface area (Å²) in [6.07, 6.45) is 2.88. The Labute approximate surface area is 120 Å². The molecule has 21 heavy (non-hydrogen) atoms. The van der Waals surface area contributed by atoms with Gasteiger partial charge in [-0.2, -0.15) is 4.98 Å². The number of aromatic amines is 1. The van der Waals surface area contributed by atoms with Crippen molar-refractivity contribution in [1.82, 2.24) is 19.9 Å². The van der Waals surface area contributed by atoms with E-state index in [9.17, 15) is 9.90 Å². The van der Waals surface area contributed by atoms with Gasteiger partial charge in [0.15, 0.2) is 5.82 Å². The third kappa shape index (κ3) is 2.51. The molecule has 0 radical (unpaired) electrons. The number of rotatable bonds is 2.